The number of carbonyl (C=O) groups is 1. The number of alkyl halides is 3. The second-order valence-electron chi connectivity index (χ2n) is 9.82. The van der Waals surface area contributed by atoms with Crippen LogP contribution in [0.15, 0.2) is 59.4 Å². The maximum absolute atomic E-state index is 14.4. The van der Waals surface area contributed by atoms with E-state index in [9.17, 15) is 31.9 Å². The zero-order chi connectivity index (χ0) is 32.3. The van der Waals surface area contributed by atoms with Gasteiger partial charge in [-0.25, -0.2) is 18.7 Å². The number of fused-ring (bicyclic) bond motifs is 1. The molecule has 0 saturated carbocycles. The van der Waals surface area contributed by atoms with Crippen LogP contribution in [0.5, 0.6) is 5.75 Å². The number of carbonyl (C=O) groups excluding carboxylic acids is 1. The number of aromatic nitrogens is 5. The average molecular weight is 633 g/mol. The van der Waals surface area contributed by atoms with Crippen molar-refractivity contribution in [2.45, 2.75) is 31.7 Å². The minimum absolute atomic E-state index is 0.0118. The molecule has 2 unspecified atom stereocenters. The lowest BCUT2D eigenvalue weighted by atomic mass is 10.0. The molecule has 2 aliphatic heterocycles. The molecule has 11 nitrogen and oxygen atoms in total. The van der Waals surface area contributed by atoms with Crippen LogP contribution in [0.4, 0.5) is 22.0 Å². The lowest BCUT2D eigenvalue weighted by Crippen LogP contribution is -2.39. The third-order valence-corrected chi connectivity index (χ3v) is 6.55. The summed E-state index contributed by atoms with van der Waals surface area (Å²) in [6, 6.07) is 6.50. The molecule has 2 aromatic carbocycles. The van der Waals surface area contributed by atoms with Crippen molar-refractivity contribution in [3.05, 3.63) is 77.8 Å². The Hall–Kier alpha value is -4.96. The van der Waals surface area contributed by atoms with Gasteiger partial charge in [0, 0.05) is 18.2 Å². The van der Waals surface area contributed by atoms with Crippen molar-refractivity contribution in [3.63, 3.8) is 0 Å². The Kier molecular flexibility index (Phi) is 9.06. The topological polar surface area (TPSA) is 148 Å². The standard InChI is InChI=1S/C29H25F5N6O5/c1-2-8-44-16-6-7-17(19(9-16)29(32,33)34)21-10-24(45-39-21)26(28(43)35-11-15(42)14-41)40-13-23-22(12-36-40)37-27(38-23)18-4-3-5-20(30)25(18)31/h3-7,9-10,12-13,15,26,41-42H,2,8,11,14H2,1H3,(H,35,43). The number of hydrogen-bond acceptors (Lipinski definition) is 9. The van der Waals surface area contributed by atoms with Gasteiger partial charge in [0.15, 0.2) is 29.3 Å². The van der Waals surface area contributed by atoms with Gasteiger partial charge in [-0.3, -0.25) is 9.48 Å². The second kappa shape index (κ2) is 13.0. The molecule has 0 fully saturated rings. The van der Waals surface area contributed by atoms with Crippen LogP contribution >= 0.6 is 0 Å². The van der Waals surface area contributed by atoms with Crippen LogP contribution in [0, 0.1) is 11.6 Å². The Morgan fingerprint density at radius 1 is 1.09 bits per heavy atom. The molecule has 0 saturated heterocycles. The molecule has 0 bridgehead atoms. The Labute approximate surface area is 251 Å². The molecular weight excluding hydrogens is 607 g/mol. The number of aliphatic hydroxyl groups is 2. The Balaban J connectivity index is 1.55. The zero-order valence-corrected chi connectivity index (χ0v) is 23.4. The van der Waals surface area contributed by atoms with Gasteiger partial charge < -0.3 is 24.8 Å². The highest BCUT2D eigenvalue weighted by Crippen LogP contribution is 2.40. The molecule has 2 atom stereocenters. The van der Waals surface area contributed by atoms with Crippen molar-refractivity contribution < 1.29 is 46.2 Å². The number of rotatable bonds is 11. The fraction of sp³-hybridized carbons (Fsp3) is 0.276. The Morgan fingerprint density at radius 2 is 1.87 bits per heavy atom. The first-order valence-electron chi connectivity index (χ1n) is 13.5. The third-order valence-electron chi connectivity index (χ3n) is 6.55. The highest BCUT2D eigenvalue weighted by Gasteiger charge is 2.36. The van der Waals surface area contributed by atoms with Gasteiger partial charge in [0.2, 0.25) is 0 Å². The molecule has 3 aromatic rings. The summed E-state index contributed by atoms with van der Waals surface area (Å²) in [7, 11) is 0. The van der Waals surface area contributed by atoms with Crippen LogP contribution < -0.4 is 10.1 Å². The van der Waals surface area contributed by atoms with E-state index in [-0.39, 0.29) is 58.7 Å². The third kappa shape index (κ3) is 6.76. The zero-order valence-electron chi connectivity index (χ0n) is 23.4. The molecule has 236 valence electrons. The van der Waals surface area contributed by atoms with E-state index in [0.717, 1.165) is 22.9 Å². The van der Waals surface area contributed by atoms with E-state index in [1.807, 2.05) is 6.92 Å². The number of ether oxygens (including phenoxy) is 1. The summed E-state index contributed by atoms with van der Waals surface area (Å²) in [6.45, 7) is 0.987. The van der Waals surface area contributed by atoms with Gasteiger partial charge in [-0.15, -0.1) is 0 Å². The van der Waals surface area contributed by atoms with E-state index in [4.69, 9.17) is 14.4 Å². The Morgan fingerprint density at radius 3 is 2.60 bits per heavy atom. The van der Waals surface area contributed by atoms with Crippen LogP contribution in [-0.4, -0.2) is 66.9 Å². The number of nitrogens with zero attached hydrogens (tertiary/aromatic N) is 5. The van der Waals surface area contributed by atoms with Gasteiger partial charge in [-0.05, 0) is 36.8 Å². The normalized spacial score (nSPS) is 13.2. The molecule has 5 rings (SSSR count). The molecular formula is C29H25F5N6O5. The quantitative estimate of drug-likeness (QED) is 0.182. The SMILES string of the molecule is CCCOc1ccc(-c2cc(C(C(=O)NCC(O)CO)n3cc4nc(-c5cccc(F)c5F)nc-4cn3)on2)c(C(F)(F)F)c1. The lowest BCUT2D eigenvalue weighted by molar-refractivity contribution is -0.137. The molecule has 3 heterocycles. The first kappa shape index (κ1) is 31.5. The number of imidazole rings is 1. The minimum atomic E-state index is -4.78. The first-order valence-corrected chi connectivity index (χ1v) is 13.5. The summed E-state index contributed by atoms with van der Waals surface area (Å²) in [6.07, 6.45) is -3.06. The number of benzene rings is 2. The second-order valence-corrected chi connectivity index (χ2v) is 9.82. The highest BCUT2D eigenvalue weighted by molar-refractivity contribution is 5.83. The fourth-order valence-corrected chi connectivity index (χ4v) is 4.37. The minimum Gasteiger partial charge on any atom is -0.494 e. The van der Waals surface area contributed by atoms with Crippen LogP contribution in [0.1, 0.15) is 30.7 Å². The number of aliphatic hydroxyl groups excluding tert-OH is 2. The predicted molar refractivity (Wildman–Crippen MR) is 147 cm³/mol. The van der Waals surface area contributed by atoms with E-state index in [1.54, 1.807) is 0 Å². The maximum atomic E-state index is 14.4. The first-order chi connectivity index (χ1) is 21.5. The van der Waals surface area contributed by atoms with Crippen LogP contribution in [0.3, 0.4) is 0 Å². The van der Waals surface area contributed by atoms with Gasteiger partial charge in [0.25, 0.3) is 5.91 Å². The Bertz CT molecular complexity index is 1770. The van der Waals surface area contributed by atoms with E-state index in [1.165, 1.54) is 36.7 Å². The van der Waals surface area contributed by atoms with Crippen molar-refractivity contribution in [3.8, 4) is 39.8 Å². The molecule has 2 aliphatic rings. The van der Waals surface area contributed by atoms with Crippen molar-refractivity contribution >= 4 is 5.91 Å². The summed E-state index contributed by atoms with van der Waals surface area (Å²) in [5.41, 5.74) is -1.56. The number of hydrogen-bond donors (Lipinski definition) is 3. The van der Waals surface area contributed by atoms with Gasteiger partial charge in [0.05, 0.1) is 42.8 Å². The van der Waals surface area contributed by atoms with Crippen molar-refractivity contribution in [2.24, 2.45) is 0 Å². The highest BCUT2D eigenvalue weighted by atomic mass is 19.4. The summed E-state index contributed by atoms with van der Waals surface area (Å²) in [5, 5.41) is 29.3. The van der Waals surface area contributed by atoms with Crippen molar-refractivity contribution in [2.75, 3.05) is 19.8 Å². The summed E-state index contributed by atoms with van der Waals surface area (Å²) in [5.74, 6) is -3.48. The largest absolute Gasteiger partial charge is 0.494 e. The molecule has 0 aliphatic carbocycles. The molecule has 1 amide bonds. The summed E-state index contributed by atoms with van der Waals surface area (Å²) >= 11 is 0. The smallest absolute Gasteiger partial charge is 0.417 e. The summed E-state index contributed by atoms with van der Waals surface area (Å²) < 4.78 is 82.0. The van der Waals surface area contributed by atoms with Crippen LogP contribution in [0.2, 0.25) is 0 Å². The monoisotopic (exact) mass is 632 g/mol. The van der Waals surface area contributed by atoms with Crippen LogP contribution in [-0.2, 0) is 11.0 Å². The average Bonchev–Trinajstić information content (AvgIpc) is 3.67. The van der Waals surface area contributed by atoms with E-state index < -0.39 is 48.0 Å². The molecule has 1 aromatic heterocycles. The fourth-order valence-electron chi connectivity index (χ4n) is 4.37. The molecule has 16 heteroatoms. The molecule has 0 radical (unpaired) electrons. The van der Waals surface area contributed by atoms with Crippen LogP contribution in [0.25, 0.3) is 34.0 Å². The molecule has 3 N–H and O–H groups in total. The summed E-state index contributed by atoms with van der Waals surface area (Å²) in [4.78, 5) is 21.7. The van der Waals surface area contributed by atoms with Crippen molar-refractivity contribution in [1.82, 2.24) is 30.2 Å². The van der Waals surface area contributed by atoms with E-state index >= 15 is 0 Å². The van der Waals surface area contributed by atoms with Gasteiger partial charge in [-0.1, -0.05) is 18.1 Å². The number of halogens is 5. The van der Waals surface area contributed by atoms with Gasteiger partial charge in [-0.2, -0.15) is 18.3 Å². The number of nitrogens with one attached hydrogen (secondary N) is 1. The number of amides is 1. The van der Waals surface area contributed by atoms with E-state index in [2.05, 4.69) is 25.5 Å². The van der Waals surface area contributed by atoms with E-state index in [0.29, 0.717) is 6.42 Å². The molecule has 0 spiro atoms. The molecule has 45 heavy (non-hydrogen) atoms. The maximum Gasteiger partial charge on any atom is 0.417 e. The van der Waals surface area contributed by atoms with Gasteiger partial charge in [0.1, 0.15) is 22.8 Å². The predicted octanol–water partition coefficient (Wildman–Crippen LogP) is 4.24. The van der Waals surface area contributed by atoms with Gasteiger partial charge >= 0.3 is 6.18 Å². The van der Waals surface area contributed by atoms with Crippen molar-refractivity contribution in [1.29, 1.82) is 0 Å². The lowest BCUT2D eigenvalue weighted by Gasteiger charge is -2.18.